The van der Waals surface area contributed by atoms with Gasteiger partial charge in [-0.2, -0.15) is 11.8 Å². The van der Waals surface area contributed by atoms with Crippen molar-refractivity contribution in [1.82, 2.24) is 4.90 Å². The summed E-state index contributed by atoms with van der Waals surface area (Å²) in [5.41, 5.74) is 2.83. The summed E-state index contributed by atoms with van der Waals surface area (Å²) in [5.74, 6) is 1.15. The topological polar surface area (TPSA) is 3.24 Å². The van der Waals surface area contributed by atoms with Crippen molar-refractivity contribution in [3.63, 3.8) is 0 Å². The molecule has 1 heterocycles. The van der Waals surface area contributed by atoms with Gasteiger partial charge in [0.15, 0.2) is 0 Å². The molecule has 0 spiro atoms. The fourth-order valence-electron chi connectivity index (χ4n) is 2.60. The van der Waals surface area contributed by atoms with Crippen LogP contribution in [0.5, 0.6) is 0 Å². The number of hydrogen-bond donors (Lipinski definition) is 0. The SMILES string of the molecule is CN(C)CCS[C@H]1Cc2cc(Cl)ccc2Sc2ccccc21. The molecule has 2 aromatic rings. The Hall–Kier alpha value is -0.610. The lowest BCUT2D eigenvalue weighted by Crippen LogP contribution is -2.15. The highest BCUT2D eigenvalue weighted by Crippen LogP contribution is 2.45. The molecule has 0 bridgehead atoms. The Balaban J connectivity index is 1.90. The zero-order chi connectivity index (χ0) is 15.5. The zero-order valence-electron chi connectivity index (χ0n) is 12.9. The summed E-state index contributed by atoms with van der Waals surface area (Å²) >= 11 is 10.1. The minimum absolute atomic E-state index is 0.503. The molecule has 1 atom stereocenters. The second-order valence-corrected chi connectivity index (χ2v) is 8.59. The Morgan fingerprint density at radius 2 is 2.00 bits per heavy atom. The first-order chi connectivity index (χ1) is 10.6. The second kappa shape index (κ2) is 7.31. The molecule has 4 heteroatoms. The summed E-state index contributed by atoms with van der Waals surface area (Å²) in [6.45, 7) is 1.11. The zero-order valence-corrected chi connectivity index (χ0v) is 15.3. The maximum atomic E-state index is 6.21. The van der Waals surface area contributed by atoms with Gasteiger partial charge >= 0.3 is 0 Å². The molecule has 0 saturated carbocycles. The second-order valence-electron chi connectivity index (χ2n) is 5.76. The van der Waals surface area contributed by atoms with Crippen LogP contribution >= 0.6 is 35.1 Å². The van der Waals surface area contributed by atoms with Crippen LogP contribution in [0.1, 0.15) is 16.4 Å². The number of rotatable bonds is 4. The standard InChI is InChI=1S/C18H20ClNS2/c1-20(2)9-10-21-18-12-13-11-14(19)7-8-16(13)22-17-6-4-3-5-15(17)18/h3-8,11,18H,9-10,12H2,1-2H3/t18-/m0/s1. The smallest absolute Gasteiger partial charge is 0.0409 e. The van der Waals surface area contributed by atoms with Crippen molar-refractivity contribution < 1.29 is 0 Å². The summed E-state index contributed by atoms with van der Waals surface area (Å²) in [6.07, 6.45) is 1.05. The summed E-state index contributed by atoms with van der Waals surface area (Å²) in [6, 6.07) is 15.1. The van der Waals surface area contributed by atoms with Gasteiger partial charge in [0.25, 0.3) is 0 Å². The predicted octanol–water partition coefficient (Wildman–Crippen LogP) is 5.38. The van der Waals surface area contributed by atoms with Crippen LogP contribution in [0.4, 0.5) is 0 Å². The van der Waals surface area contributed by atoms with Crippen LogP contribution in [0.3, 0.4) is 0 Å². The third-order valence-corrected chi connectivity index (χ3v) is 6.46. The van der Waals surface area contributed by atoms with Crippen molar-refractivity contribution in [1.29, 1.82) is 0 Å². The minimum atomic E-state index is 0.503. The Bertz CT molecular complexity index is 657. The third-order valence-electron chi connectivity index (χ3n) is 3.77. The molecule has 0 aromatic heterocycles. The van der Waals surface area contributed by atoms with E-state index >= 15 is 0 Å². The van der Waals surface area contributed by atoms with Crippen molar-refractivity contribution in [2.45, 2.75) is 21.5 Å². The van der Waals surface area contributed by atoms with Gasteiger partial charge in [0.2, 0.25) is 0 Å². The fourth-order valence-corrected chi connectivity index (χ4v) is 5.43. The lowest BCUT2D eigenvalue weighted by Gasteiger charge is -2.18. The lowest BCUT2D eigenvalue weighted by molar-refractivity contribution is 0.437. The van der Waals surface area contributed by atoms with Crippen LogP contribution in [-0.4, -0.2) is 31.3 Å². The molecule has 1 nitrogen and oxygen atoms in total. The molecular formula is C18H20ClNS2. The predicted molar refractivity (Wildman–Crippen MR) is 99.5 cm³/mol. The fraction of sp³-hybridized carbons (Fsp3) is 0.333. The van der Waals surface area contributed by atoms with Crippen LogP contribution in [-0.2, 0) is 6.42 Å². The molecule has 0 saturated heterocycles. The normalized spacial score (nSPS) is 17.0. The Morgan fingerprint density at radius 3 is 2.82 bits per heavy atom. The highest BCUT2D eigenvalue weighted by molar-refractivity contribution is 8.00. The quantitative estimate of drug-likeness (QED) is 0.729. The molecule has 0 aliphatic carbocycles. The summed E-state index contributed by atoms with van der Waals surface area (Å²) < 4.78 is 0. The van der Waals surface area contributed by atoms with Gasteiger partial charge in [-0.3, -0.25) is 0 Å². The third kappa shape index (κ3) is 3.83. The number of benzene rings is 2. The monoisotopic (exact) mass is 349 g/mol. The molecule has 1 aliphatic rings. The Labute approximate surface area is 146 Å². The molecule has 3 rings (SSSR count). The number of halogens is 1. The molecule has 22 heavy (non-hydrogen) atoms. The van der Waals surface area contributed by atoms with Crippen LogP contribution < -0.4 is 0 Å². The number of thioether (sulfide) groups is 1. The van der Waals surface area contributed by atoms with Crippen molar-refractivity contribution in [3.8, 4) is 0 Å². The molecule has 0 unspecified atom stereocenters. The van der Waals surface area contributed by atoms with Crippen molar-refractivity contribution in [2.75, 3.05) is 26.4 Å². The van der Waals surface area contributed by atoms with Crippen molar-refractivity contribution >= 4 is 35.1 Å². The summed E-state index contributed by atoms with van der Waals surface area (Å²) in [4.78, 5) is 4.97. The first-order valence-corrected chi connectivity index (χ1v) is 9.69. The molecule has 116 valence electrons. The molecule has 0 amide bonds. The summed E-state index contributed by atoms with van der Waals surface area (Å²) in [5, 5.41) is 1.34. The van der Waals surface area contributed by atoms with E-state index in [2.05, 4.69) is 67.2 Å². The van der Waals surface area contributed by atoms with E-state index in [9.17, 15) is 0 Å². The van der Waals surface area contributed by atoms with Gasteiger partial charge < -0.3 is 4.90 Å². The first kappa shape index (κ1) is 16.3. The highest BCUT2D eigenvalue weighted by Gasteiger charge is 2.22. The minimum Gasteiger partial charge on any atom is -0.309 e. The Morgan fingerprint density at radius 1 is 1.18 bits per heavy atom. The van der Waals surface area contributed by atoms with Crippen molar-refractivity contribution in [3.05, 3.63) is 58.6 Å². The van der Waals surface area contributed by atoms with Crippen LogP contribution in [0, 0.1) is 0 Å². The van der Waals surface area contributed by atoms with Gasteiger partial charge in [0, 0.05) is 32.4 Å². The number of nitrogens with zero attached hydrogens (tertiary/aromatic N) is 1. The number of hydrogen-bond acceptors (Lipinski definition) is 3. The van der Waals surface area contributed by atoms with Gasteiger partial charge in [0.05, 0.1) is 0 Å². The summed E-state index contributed by atoms with van der Waals surface area (Å²) in [7, 11) is 4.26. The lowest BCUT2D eigenvalue weighted by atomic mass is 10.0. The molecule has 1 aliphatic heterocycles. The molecule has 0 N–H and O–H groups in total. The molecule has 2 aromatic carbocycles. The van der Waals surface area contributed by atoms with Crippen molar-refractivity contribution in [2.24, 2.45) is 0 Å². The molecule has 0 fully saturated rings. The van der Waals surface area contributed by atoms with E-state index in [-0.39, 0.29) is 0 Å². The Kier molecular flexibility index (Phi) is 5.40. The van der Waals surface area contributed by atoms with E-state index in [4.69, 9.17) is 11.6 Å². The molecular weight excluding hydrogens is 330 g/mol. The number of fused-ring (bicyclic) bond motifs is 2. The van der Waals surface area contributed by atoms with Gasteiger partial charge in [-0.1, -0.05) is 41.6 Å². The van der Waals surface area contributed by atoms with Crippen LogP contribution in [0.2, 0.25) is 5.02 Å². The maximum Gasteiger partial charge on any atom is 0.0409 e. The van der Waals surface area contributed by atoms with Crippen LogP contribution in [0.25, 0.3) is 0 Å². The highest BCUT2D eigenvalue weighted by atomic mass is 35.5. The maximum absolute atomic E-state index is 6.21. The first-order valence-electron chi connectivity index (χ1n) is 7.45. The van der Waals surface area contributed by atoms with Gasteiger partial charge in [-0.25, -0.2) is 0 Å². The van der Waals surface area contributed by atoms with Gasteiger partial charge in [-0.15, -0.1) is 0 Å². The van der Waals surface area contributed by atoms with E-state index in [0.717, 1.165) is 23.7 Å². The van der Waals surface area contributed by atoms with E-state index in [1.165, 1.54) is 20.9 Å². The van der Waals surface area contributed by atoms with E-state index in [1.54, 1.807) is 0 Å². The van der Waals surface area contributed by atoms with E-state index < -0.39 is 0 Å². The van der Waals surface area contributed by atoms with E-state index in [1.807, 2.05) is 17.8 Å². The average molecular weight is 350 g/mol. The average Bonchev–Trinajstić information content (AvgIpc) is 2.63. The van der Waals surface area contributed by atoms with Crippen LogP contribution in [0.15, 0.2) is 52.3 Å². The van der Waals surface area contributed by atoms with E-state index in [0.29, 0.717) is 5.25 Å². The van der Waals surface area contributed by atoms with Gasteiger partial charge in [0.1, 0.15) is 0 Å². The molecule has 0 radical (unpaired) electrons. The van der Waals surface area contributed by atoms with Gasteiger partial charge in [-0.05, 0) is 55.9 Å². The largest absolute Gasteiger partial charge is 0.309 e.